The molecule has 0 saturated heterocycles. The minimum absolute atomic E-state index is 0.301. The monoisotopic (exact) mass is 228 g/mol. The van der Waals surface area contributed by atoms with Crippen molar-refractivity contribution in [1.82, 2.24) is 9.97 Å². The molecule has 1 saturated carbocycles. The Balaban J connectivity index is 1.77. The van der Waals surface area contributed by atoms with Crippen LogP contribution < -0.4 is 11.1 Å². The SMILES string of the molecule is NCC1(CNc2ncc3ccccc3n2)CC1. The maximum Gasteiger partial charge on any atom is 0.223 e. The lowest BCUT2D eigenvalue weighted by Gasteiger charge is -2.13. The van der Waals surface area contributed by atoms with Crippen molar-refractivity contribution >= 4 is 16.9 Å². The number of nitrogens with zero attached hydrogens (tertiary/aromatic N) is 2. The zero-order chi connectivity index (χ0) is 11.7. The van der Waals surface area contributed by atoms with Crippen LogP contribution in [0.1, 0.15) is 12.8 Å². The Hall–Kier alpha value is -1.68. The normalized spacial score (nSPS) is 17.0. The van der Waals surface area contributed by atoms with Gasteiger partial charge in [0.25, 0.3) is 0 Å². The van der Waals surface area contributed by atoms with Gasteiger partial charge in [-0.15, -0.1) is 0 Å². The van der Waals surface area contributed by atoms with Gasteiger partial charge in [0.05, 0.1) is 5.52 Å². The zero-order valence-electron chi connectivity index (χ0n) is 9.69. The summed E-state index contributed by atoms with van der Waals surface area (Å²) >= 11 is 0. The number of fused-ring (bicyclic) bond motifs is 1. The molecule has 1 aromatic carbocycles. The van der Waals surface area contributed by atoms with Crippen LogP contribution in [0.4, 0.5) is 5.95 Å². The van der Waals surface area contributed by atoms with E-state index in [-0.39, 0.29) is 0 Å². The molecular formula is C13H16N4. The Morgan fingerprint density at radius 1 is 1.29 bits per heavy atom. The van der Waals surface area contributed by atoms with E-state index in [4.69, 9.17) is 5.73 Å². The second-order valence-electron chi connectivity index (χ2n) is 4.81. The van der Waals surface area contributed by atoms with Crippen LogP contribution in [-0.4, -0.2) is 23.1 Å². The molecule has 0 spiro atoms. The van der Waals surface area contributed by atoms with Crippen LogP contribution in [0, 0.1) is 5.41 Å². The quantitative estimate of drug-likeness (QED) is 0.837. The van der Waals surface area contributed by atoms with Gasteiger partial charge in [-0.3, -0.25) is 0 Å². The van der Waals surface area contributed by atoms with Crippen molar-refractivity contribution in [3.05, 3.63) is 30.5 Å². The lowest BCUT2D eigenvalue weighted by Crippen LogP contribution is -2.24. The van der Waals surface area contributed by atoms with E-state index in [1.54, 1.807) is 0 Å². The van der Waals surface area contributed by atoms with Crippen LogP contribution in [0.15, 0.2) is 30.5 Å². The Morgan fingerprint density at radius 2 is 2.12 bits per heavy atom. The van der Waals surface area contributed by atoms with E-state index in [0.29, 0.717) is 11.4 Å². The second kappa shape index (κ2) is 3.96. The average Bonchev–Trinajstić information content (AvgIpc) is 3.17. The van der Waals surface area contributed by atoms with Crippen molar-refractivity contribution in [3.8, 4) is 0 Å². The van der Waals surface area contributed by atoms with E-state index >= 15 is 0 Å². The predicted molar refractivity (Wildman–Crippen MR) is 68.7 cm³/mol. The van der Waals surface area contributed by atoms with Gasteiger partial charge in [-0.2, -0.15) is 0 Å². The molecule has 1 fully saturated rings. The molecule has 88 valence electrons. The third-order valence-electron chi connectivity index (χ3n) is 3.50. The summed E-state index contributed by atoms with van der Waals surface area (Å²) in [6.07, 6.45) is 4.28. The smallest absolute Gasteiger partial charge is 0.223 e. The highest BCUT2D eigenvalue weighted by Gasteiger charge is 2.40. The van der Waals surface area contributed by atoms with Crippen molar-refractivity contribution in [3.63, 3.8) is 0 Å². The van der Waals surface area contributed by atoms with Gasteiger partial charge in [0.15, 0.2) is 0 Å². The van der Waals surface area contributed by atoms with Gasteiger partial charge in [-0.25, -0.2) is 9.97 Å². The Bertz CT molecular complexity index is 534. The van der Waals surface area contributed by atoms with Crippen LogP contribution >= 0.6 is 0 Å². The standard InChI is InChI=1S/C13H16N4/c14-8-13(5-6-13)9-16-12-15-7-10-3-1-2-4-11(10)17-12/h1-4,7H,5-6,8-9,14H2,(H,15,16,17). The molecule has 1 aromatic heterocycles. The van der Waals surface area contributed by atoms with Gasteiger partial charge >= 0.3 is 0 Å². The summed E-state index contributed by atoms with van der Waals surface area (Å²) in [6.45, 7) is 1.62. The molecule has 0 bridgehead atoms. The lowest BCUT2D eigenvalue weighted by molar-refractivity contribution is 0.554. The number of para-hydroxylation sites is 1. The minimum atomic E-state index is 0.301. The lowest BCUT2D eigenvalue weighted by atomic mass is 10.1. The van der Waals surface area contributed by atoms with Crippen molar-refractivity contribution in [1.29, 1.82) is 0 Å². The third-order valence-corrected chi connectivity index (χ3v) is 3.50. The molecule has 2 aromatic rings. The van der Waals surface area contributed by atoms with Crippen molar-refractivity contribution in [2.45, 2.75) is 12.8 Å². The van der Waals surface area contributed by atoms with Gasteiger partial charge in [0.2, 0.25) is 5.95 Å². The fourth-order valence-corrected chi connectivity index (χ4v) is 1.95. The second-order valence-corrected chi connectivity index (χ2v) is 4.81. The van der Waals surface area contributed by atoms with E-state index < -0.39 is 0 Å². The predicted octanol–water partition coefficient (Wildman–Crippen LogP) is 1.78. The molecule has 4 nitrogen and oxygen atoms in total. The van der Waals surface area contributed by atoms with Crippen molar-refractivity contribution in [2.24, 2.45) is 11.1 Å². The number of benzene rings is 1. The van der Waals surface area contributed by atoms with Crippen LogP contribution in [0.25, 0.3) is 10.9 Å². The first-order chi connectivity index (χ1) is 8.31. The first kappa shape index (κ1) is 10.5. The molecular weight excluding hydrogens is 212 g/mol. The molecule has 0 amide bonds. The Labute approximate surface area is 100 Å². The van der Waals surface area contributed by atoms with Crippen LogP contribution in [0.5, 0.6) is 0 Å². The summed E-state index contributed by atoms with van der Waals surface area (Å²) in [4.78, 5) is 8.79. The average molecular weight is 228 g/mol. The van der Waals surface area contributed by atoms with Crippen molar-refractivity contribution in [2.75, 3.05) is 18.4 Å². The van der Waals surface area contributed by atoms with Gasteiger partial charge in [-0.1, -0.05) is 18.2 Å². The summed E-state index contributed by atoms with van der Waals surface area (Å²) in [7, 11) is 0. The van der Waals surface area contributed by atoms with E-state index in [1.165, 1.54) is 12.8 Å². The van der Waals surface area contributed by atoms with Crippen LogP contribution in [-0.2, 0) is 0 Å². The molecule has 1 aliphatic carbocycles. The van der Waals surface area contributed by atoms with E-state index in [2.05, 4.69) is 15.3 Å². The van der Waals surface area contributed by atoms with E-state index in [0.717, 1.165) is 24.0 Å². The largest absolute Gasteiger partial charge is 0.354 e. The van der Waals surface area contributed by atoms with Crippen molar-refractivity contribution < 1.29 is 0 Å². The summed E-state index contributed by atoms with van der Waals surface area (Å²) in [5.41, 5.74) is 7.02. The van der Waals surface area contributed by atoms with Gasteiger partial charge in [0.1, 0.15) is 0 Å². The molecule has 0 radical (unpaired) electrons. The van der Waals surface area contributed by atoms with Gasteiger partial charge in [-0.05, 0) is 30.9 Å². The first-order valence-corrected chi connectivity index (χ1v) is 5.97. The molecule has 4 heteroatoms. The first-order valence-electron chi connectivity index (χ1n) is 5.97. The summed E-state index contributed by atoms with van der Waals surface area (Å²) in [5.74, 6) is 0.698. The topological polar surface area (TPSA) is 63.8 Å². The summed E-state index contributed by atoms with van der Waals surface area (Å²) in [6, 6.07) is 7.99. The summed E-state index contributed by atoms with van der Waals surface area (Å²) in [5, 5.41) is 4.36. The highest BCUT2D eigenvalue weighted by atomic mass is 15.1. The third kappa shape index (κ3) is 2.08. The number of nitrogens with one attached hydrogen (secondary N) is 1. The highest BCUT2D eigenvalue weighted by Crippen LogP contribution is 2.44. The molecule has 17 heavy (non-hydrogen) atoms. The number of hydrogen-bond acceptors (Lipinski definition) is 4. The minimum Gasteiger partial charge on any atom is -0.354 e. The number of rotatable bonds is 4. The molecule has 1 aliphatic rings. The number of aromatic nitrogens is 2. The molecule has 1 heterocycles. The number of anilines is 1. The van der Waals surface area contributed by atoms with Crippen LogP contribution in [0.3, 0.4) is 0 Å². The van der Waals surface area contributed by atoms with Crippen LogP contribution in [0.2, 0.25) is 0 Å². The molecule has 0 atom stereocenters. The zero-order valence-corrected chi connectivity index (χ0v) is 9.69. The maximum atomic E-state index is 5.74. The Morgan fingerprint density at radius 3 is 2.88 bits per heavy atom. The number of hydrogen-bond donors (Lipinski definition) is 2. The number of nitrogens with two attached hydrogens (primary N) is 1. The maximum absolute atomic E-state index is 5.74. The highest BCUT2D eigenvalue weighted by molar-refractivity contribution is 5.78. The molecule has 0 aliphatic heterocycles. The van der Waals surface area contributed by atoms with Gasteiger partial charge < -0.3 is 11.1 Å². The van der Waals surface area contributed by atoms with E-state index in [9.17, 15) is 0 Å². The molecule has 3 N–H and O–H groups in total. The fraction of sp³-hybridized carbons (Fsp3) is 0.385. The van der Waals surface area contributed by atoms with E-state index in [1.807, 2.05) is 30.5 Å². The van der Waals surface area contributed by atoms with Gasteiger partial charge in [0, 0.05) is 18.1 Å². The fourth-order valence-electron chi connectivity index (χ4n) is 1.95. The Kier molecular flexibility index (Phi) is 2.44. The molecule has 3 rings (SSSR count). The summed E-state index contributed by atoms with van der Waals surface area (Å²) < 4.78 is 0. The molecule has 0 unspecified atom stereocenters.